The number of hydrogen-bond acceptors (Lipinski definition) is 3. The van der Waals surface area contributed by atoms with Gasteiger partial charge in [0.05, 0.1) is 0 Å². The number of aryl methyl sites for hydroxylation is 1. The van der Waals surface area contributed by atoms with Gasteiger partial charge in [-0.1, -0.05) is 0 Å². The standard InChI is InChI=1S/C31H39GeN2O2/c1-20-17-21(30(35)36-31(2,3)4)11-14-24(20)29-25-15-12-22(33(7)8)18-27(25)32(5,6)28-19-23(34(9)10)13-16-26(28)29/h11-19H,1-10H3/q+1. The number of carbonyl (C=O) groups is 1. The maximum absolute atomic E-state index is 12.8. The number of allylic oxidation sites excluding steroid dienone is 5. The molecule has 188 valence electrons. The van der Waals surface area contributed by atoms with Gasteiger partial charge in [0.2, 0.25) is 0 Å². The van der Waals surface area contributed by atoms with Crippen LogP contribution in [0, 0.1) is 6.92 Å². The predicted octanol–water partition coefficient (Wildman–Crippen LogP) is 5.50. The average Bonchev–Trinajstić information content (AvgIpc) is 2.78. The second-order valence-electron chi connectivity index (χ2n) is 11.8. The SMILES string of the molecule is Cc1cc(C(=O)OC(C)(C)C)ccc1C1=C2C=CC(=[N+](C)C)C=[C]2[Ge]([CH3])([CH3])[c]2cc(N(C)C)ccc21. The Labute approximate surface area is 219 Å². The van der Waals surface area contributed by atoms with Gasteiger partial charge in [-0.05, 0) is 0 Å². The van der Waals surface area contributed by atoms with E-state index >= 15 is 0 Å². The first-order valence-corrected chi connectivity index (χ1v) is 18.9. The summed E-state index contributed by atoms with van der Waals surface area (Å²) < 4.78 is 10.8. The molecule has 0 saturated heterocycles. The monoisotopic (exact) mass is 545 g/mol. The molecule has 0 bridgehead atoms. The van der Waals surface area contributed by atoms with E-state index in [1.165, 1.54) is 36.9 Å². The summed E-state index contributed by atoms with van der Waals surface area (Å²) in [4.78, 5) is 14.9. The van der Waals surface area contributed by atoms with Crippen molar-refractivity contribution in [2.24, 2.45) is 0 Å². The van der Waals surface area contributed by atoms with Gasteiger partial charge in [-0.25, -0.2) is 0 Å². The Hall–Kier alpha value is -2.86. The zero-order valence-corrected chi connectivity index (χ0v) is 25.5. The fraction of sp³-hybridized carbons (Fsp3) is 0.355. The summed E-state index contributed by atoms with van der Waals surface area (Å²) in [5, 5.41) is 0. The Morgan fingerprint density at radius 1 is 0.972 bits per heavy atom. The number of nitrogens with zero attached hydrogens (tertiary/aromatic N) is 2. The topological polar surface area (TPSA) is 32.6 Å². The molecule has 2 aromatic rings. The minimum atomic E-state index is -2.62. The van der Waals surface area contributed by atoms with Gasteiger partial charge < -0.3 is 0 Å². The van der Waals surface area contributed by atoms with Crippen LogP contribution in [-0.4, -0.2) is 63.3 Å². The molecular weight excluding hydrogens is 505 g/mol. The summed E-state index contributed by atoms with van der Waals surface area (Å²) in [5.74, 6) is 4.73. The molecule has 1 aliphatic carbocycles. The van der Waals surface area contributed by atoms with Gasteiger partial charge in [0.1, 0.15) is 0 Å². The van der Waals surface area contributed by atoms with Crippen molar-refractivity contribution in [1.82, 2.24) is 0 Å². The average molecular weight is 544 g/mol. The van der Waals surface area contributed by atoms with Crippen molar-refractivity contribution in [2.75, 3.05) is 33.1 Å². The molecular formula is C31H39GeN2O2+. The number of esters is 1. The van der Waals surface area contributed by atoms with E-state index in [2.05, 4.69) is 98.6 Å². The Kier molecular flexibility index (Phi) is 6.71. The summed E-state index contributed by atoms with van der Waals surface area (Å²) in [7, 11) is 8.42. The molecule has 0 saturated carbocycles. The van der Waals surface area contributed by atoms with Gasteiger partial charge >= 0.3 is 219 Å². The van der Waals surface area contributed by atoms with E-state index in [1.807, 2.05) is 32.9 Å². The molecule has 0 atom stereocenters. The van der Waals surface area contributed by atoms with Crippen LogP contribution in [-0.2, 0) is 4.74 Å². The molecule has 4 rings (SSSR count). The third-order valence-electron chi connectivity index (χ3n) is 7.05. The molecule has 36 heavy (non-hydrogen) atoms. The number of benzene rings is 2. The number of hydrogen-bond donors (Lipinski definition) is 0. The summed E-state index contributed by atoms with van der Waals surface area (Å²) >= 11 is -2.62. The third-order valence-corrected chi connectivity index (χ3v) is 14.4. The van der Waals surface area contributed by atoms with Crippen molar-refractivity contribution in [3.8, 4) is 0 Å². The van der Waals surface area contributed by atoms with Crippen molar-refractivity contribution < 1.29 is 14.1 Å². The Bertz CT molecular complexity index is 1380. The van der Waals surface area contributed by atoms with Gasteiger partial charge in [-0.2, -0.15) is 0 Å². The van der Waals surface area contributed by atoms with Crippen LogP contribution in [0.2, 0.25) is 11.5 Å². The van der Waals surface area contributed by atoms with E-state index in [1.54, 1.807) is 0 Å². The van der Waals surface area contributed by atoms with Gasteiger partial charge in [0.25, 0.3) is 0 Å². The van der Waals surface area contributed by atoms with Crippen molar-refractivity contribution >= 4 is 40.6 Å². The summed E-state index contributed by atoms with van der Waals surface area (Å²) in [6.45, 7) is 7.79. The van der Waals surface area contributed by atoms with Crippen LogP contribution in [0.15, 0.2) is 64.6 Å². The molecule has 1 heterocycles. The predicted molar refractivity (Wildman–Crippen MR) is 155 cm³/mol. The third kappa shape index (κ3) is 4.75. The molecule has 5 heteroatoms. The summed E-state index contributed by atoms with van der Waals surface area (Å²) in [5.41, 5.74) is 8.68. The molecule has 2 aliphatic rings. The van der Waals surface area contributed by atoms with Crippen LogP contribution in [0.5, 0.6) is 0 Å². The Balaban J connectivity index is 1.97. The zero-order chi connectivity index (χ0) is 26.6. The summed E-state index contributed by atoms with van der Waals surface area (Å²) in [6, 6.07) is 12.9. The first kappa shape index (κ1) is 26.2. The number of rotatable bonds is 3. The Morgan fingerprint density at radius 2 is 1.64 bits per heavy atom. The van der Waals surface area contributed by atoms with Crippen LogP contribution in [0.3, 0.4) is 0 Å². The molecule has 0 radical (unpaired) electrons. The van der Waals surface area contributed by atoms with Crippen LogP contribution >= 0.6 is 0 Å². The fourth-order valence-electron chi connectivity index (χ4n) is 5.08. The summed E-state index contributed by atoms with van der Waals surface area (Å²) in [6.07, 6.45) is 6.93. The van der Waals surface area contributed by atoms with Crippen LogP contribution in [0.25, 0.3) is 5.57 Å². The van der Waals surface area contributed by atoms with E-state index in [0.717, 1.165) is 11.1 Å². The number of ether oxygens (including phenoxy) is 1. The van der Waals surface area contributed by atoms with Crippen molar-refractivity contribution in [3.05, 3.63) is 86.9 Å². The van der Waals surface area contributed by atoms with Crippen LogP contribution in [0.1, 0.15) is 47.8 Å². The molecule has 1 aliphatic heterocycles. The molecule has 0 amide bonds. The number of anilines is 1. The molecule has 0 fully saturated rings. The van der Waals surface area contributed by atoms with Gasteiger partial charge in [0, 0.05) is 0 Å². The zero-order valence-electron chi connectivity index (χ0n) is 23.4. The first-order chi connectivity index (χ1) is 16.7. The first-order valence-electron chi connectivity index (χ1n) is 12.6. The fourth-order valence-corrected chi connectivity index (χ4v) is 11.5. The van der Waals surface area contributed by atoms with Crippen molar-refractivity contribution in [3.63, 3.8) is 0 Å². The molecule has 0 unspecified atom stereocenters. The normalized spacial score (nSPS) is 16.3. The van der Waals surface area contributed by atoms with Crippen LogP contribution in [0.4, 0.5) is 5.69 Å². The van der Waals surface area contributed by atoms with E-state index in [9.17, 15) is 4.79 Å². The van der Waals surface area contributed by atoms with E-state index in [4.69, 9.17) is 4.74 Å². The second-order valence-corrected chi connectivity index (χ2v) is 20.9. The van der Waals surface area contributed by atoms with E-state index in [0.29, 0.717) is 5.56 Å². The van der Waals surface area contributed by atoms with E-state index in [-0.39, 0.29) is 5.97 Å². The van der Waals surface area contributed by atoms with Crippen molar-refractivity contribution in [1.29, 1.82) is 0 Å². The van der Waals surface area contributed by atoms with E-state index < -0.39 is 18.9 Å². The second kappa shape index (κ2) is 9.22. The van der Waals surface area contributed by atoms with Crippen molar-refractivity contribution in [2.45, 2.75) is 44.8 Å². The van der Waals surface area contributed by atoms with Gasteiger partial charge in [0.15, 0.2) is 0 Å². The molecule has 0 N–H and O–H groups in total. The molecule has 2 aromatic carbocycles. The van der Waals surface area contributed by atoms with Gasteiger partial charge in [-0.3, -0.25) is 0 Å². The van der Waals surface area contributed by atoms with Crippen LogP contribution < -0.4 is 9.30 Å². The van der Waals surface area contributed by atoms with Gasteiger partial charge in [-0.15, -0.1) is 0 Å². The molecule has 0 aromatic heterocycles. The molecule has 0 spiro atoms. The minimum absolute atomic E-state index is 0.283. The Morgan fingerprint density at radius 3 is 2.22 bits per heavy atom. The number of carbonyl (C=O) groups excluding carboxylic acids is 1. The number of fused-ring (bicyclic) bond motifs is 2. The maximum atomic E-state index is 12.8. The quantitative estimate of drug-likeness (QED) is 0.291. The molecule has 4 nitrogen and oxygen atoms in total.